The molecule has 208 valence electrons. The minimum absolute atomic E-state index is 0.108. The van der Waals surface area contributed by atoms with Crippen LogP contribution < -0.4 is 5.32 Å². The van der Waals surface area contributed by atoms with Gasteiger partial charge in [-0.15, -0.1) is 0 Å². The first kappa shape index (κ1) is 28.5. The van der Waals surface area contributed by atoms with E-state index in [1.54, 1.807) is 18.5 Å². The number of carbonyl (C=O) groups is 2. The van der Waals surface area contributed by atoms with Gasteiger partial charge in [-0.2, -0.15) is 18.3 Å². The summed E-state index contributed by atoms with van der Waals surface area (Å²) < 4.78 is 43.8. The molecule has 0 unspecified atom stereocenters. The summed E-state index contributed by atoms with van der Waals surface area (Å²) in [6.45, 7) is 8.27. The van der Waals surface area contributed by atoms with Crippen LogP contribution >= 0.6 is 0 Å². The Bertz CT molecular complexity index is 1330. The predicted molar refractivity (Wildman–Crippen MR) is 140 cm³/mol. The number of aromatic nitrogens is 3. The molecule has 1 aliphatic rings. The maximum atomic E-state index is 12.7. The molecule has 1 aliphatic carbocycles. The highest BCUT2D eigenvalue weighted by Crippen LogP contribution is 2.34. The normalized spacial score (nSPS) is 13.1. The maximum absolute atomic E-state index is 12.7. The van der Waals surface area contributed by atoms with Crippen LogP contribution in [0.4, 0.5) is 13.2 Å². The smallest absolute Gasteiger partial charge is 0.381 e. The third kappa shape index (κ3) is 6.92. The van der Waals surface area contributed by atoms with Crippen molar-refractivity contribution >= 4 is 11.9 Å². The zero-order valence-electron chi connectivity index (χ0n) is 22.4. The van der Waals surface area contributed by atoms with Crippen molar-refractivity contribution in [1.29, 1.82) is 0 Å². The second-order valence-electron chi connectivity index (χ2n) is 10.8. The molecule has 1 N–H and O–H groups in total. The zero-order chi connectivity index (χ0) is 28.2. The maximum Gasteiger partial charge on any atom is 0.491 e. The zero-order valence-corrected chi connectivity index (χ0v) is 22.4. The van der Waals surface area contributed by atoms with Gasteiger partial charge < -0.3 is 10.1 Å². The minimum atomic E-state index is -5.27. The number of esters is 2. The van der Waals surface area contributed by atoms with E-state index in [2.05, 4.69) is 65.2 Å². The van der Waals surface area contributed by atoms with Gasteiger partial charge in [-0.3, -0.25) is 9.67 Å². The number of pyridine rings is 1. The lowest BCUT2D eigenvalue weighted by molar-refractivity contribution is -0.193. The van der Waals surface area contributed by atoms with Crippen LogP contribution in [-0.2, 0) is 40.8 Å². The number of nitrogens with one attached hydrogen (secondary N) is 1. The third-order valence-electron chi connectivity index (χ3n) is 6.83. The van der Waals surface area contributed by atoms with Crippen LogP contribution in [0.25, 0.3) is 11.3 Å². The van der Waals surface area contributed by atoms with Gasteiger partial charge in [0.15, 0.2) is 5.69 Å². The molecule has 0 saturated heterocycles. The molecule has 0 atom stereocenters. The summed E-state index contributed by atoms with van der Waals surface area (Å²) in [7, 11) is 0. The summed E-state index contributed by atoms with van der Waals surface area (Å²) in [4.78, 5) is 28.2. The second kappa shape index (κ2) is 11.7. The minimum Gasteiger partial charge on any atom is -0.381 e. The van der Waals surface area contributed by atoms with E-state index in [1.807, 2.05) is 0 Å². The van der Waals surface area contributed by atoms with Crippen molar-refractivity contribution in [3.8, 4) is 11.3 Å². The molecule has 0 amide bonds. The van der Waals surface area contributed by atoms with E-state index in [1.165, 1.54) is 15.8 Å². The fourth-order valence-corrected chi connectivity index (χ4v) is 4.72. The number of nitrogens with zero attached hydrogens (tertiary/aromatic N) is 3. The van der Waals surface area contributed by atoms with Crippen LogP contribution in [0.5, 0.6) is 0 Å². The molecule has 0 spiro atoms. The second-order valence-corrected chi connectivity index (χ2v) is 10.8. The number of alkyl halides is 3. The van der Waals surface area contributed by atoms with E-state index in [9.17, 15) is 22.8 Å². The fourth-order valence-electron chi connectivity index (χ4n) is 4.72. The number of fused-ring (bicyclic) bond motifs is 3. The molecule has 7 nitrogen and oxygen atoms in total. The lowest BCUT2D eigenvalue weighted by Crippen LogP contribution is -2.29. The topological polar surface area (TPSA) is 86.1 Å². The molecule has 0 radical (unpaired) electrons. The van der Waals surface area contributed by atoms with Crippen LogP contribution in [-0.4, -0.2) is 46.0 Å². The van der Waals surface area contributed by atoms with E-state index in [-0.39, 0.29) is 17.7 Å². The van der Waals surface area contributed by atoms with Gasteiger partial charge >= 0.3 is 18.1 Å². The van der Waals surface area contributed by atoms with Crippen molar-refractivity contribution in [2.45, 2.75) is 71.0 Å². The molecule has 0 bridgehead atoms. The molecule has 0 fully saturated rings. The lowest BCUT2D eigenvalue weighted by atomic mass is 9.86. The van der Waals surface area contributed by atoms with Gasteiger partial charge in [-0.1, -0.05) is 45.0 Å². The molecule has 4 rings (SSSR count). The van der Waals surface area contributed by atoms with E-state index in [0.29, 0.717) is 37.1 Å². The monoisotopic (exact) mass is 542 g/mol. The number of rotatable bonds is 9. The van der Waals surface area contributed by atoms with E-state index in [4.69, 9.17) is 0 Å². The highest BCUT2D eigenvalue weighted by molar-refractivity contribution is 5.99. The van der Waals surface area contributed by atoms with Gasteiger partial charge in [-0.25, -0.2) is 9.59 Å². The molecule has 0 saturated carbocycles. The number of hydrogen-bond donors (Lipinski definition) is 1. The summed E-state index contributed by atoms with van der Waals surface area (Å²) in [5, 5.41) is 7.92. The number of ether oxygens (including phenoxy) is 1. The molecular weight excluding hydrogens is 509 g/mol. The molecule has 3 aromatic rings. The number of carbonyl (C=O) groups excluding carboxylic acids is 2. The van der Waals surface area contributed by atoms with Gasteiger partial charge in [0.05, 0.1) is 5.69 Å². The largest absolute Gasteiger partial charge is 0.491 e. The Kier molecular flexibility index (Phi) is 8.54. The summed E-state index contributed by atoms with van der Waals surface area (Å²) in [6, 6.07) is 10.4. The number of aryl methyl sites for hydroxylation is 3. The summed E-state index contributed by atoms with van der Waals surface area (Å²) in [5.41, 5.74) is 5.30. The highest BCUT2D eigenvalue weighted by Gasteiger charge is 2.43. The SMILES string of the molecule is CC(C)(C)c1ccc(CCCNCCCn2nc3c(c2C(=O)OC(=O)C(F)(F)F)CCc2cnccc2-3)cc1. The first-order chi connectivity index (χ1) is 18.4. The average Bonchev–Trinajstić information content (AvgIpc) is 3.26. The van der Waals surface area contributed by atoms with E-state index < -0.39 is 18.1 Å². The third-order valence-corrected chi connectivity index (χ3v) is 6.83. The number of hydrogen-bond acceptors (Lipinski definition) is 6. The molecule has 39 heavy (non-hydrogen) atoms. The molecule has 1 aromatic carbocycles. The standard InChI is InChI=1S/C29H33F3N4O3/c1-28(2,3)21-10-7-19(8-11-21)6-4-14-33-15-5-17-36-25(26(37)39-27(38)29(30,31)32)23-12-9-20-18-34-16-13-22(20)24(23)35-36/h7-8,10-11,13,16,18,33H,4-6,9,12,14-15,17H2,1-3H3. The van der Waals surface area contributed by atoms with Crippen LogP contribution in [0.1, 0.15) is 66.4 Å². The van der Waals surface area contributed by atoms with Crippen molar-refractivity contribution in [1.82, 2.24) is 20.1 Å². The Morgan fingerprint density at radius 1 is 1.03 bits per heavy atom. The Hall–Kier alpha value is -3.53. The van der Waals surface area contributed by atoms with Crippen molar-refractivity contribution < 1.29 is 27.5 Å². The summed E-state index contributed by atoms with van der Waals surface area (Å²) >= 11 is 0. The van der Waals surface area contributed by atoms with Crippen molar-refractivity contribution in [3.05, 3.63) is 70.7 Å². The lowest BCUT2D eigenvalue weighted by Gasteiger charge is -2.19. The highest BCUT2D eigenvalue weighted by atomic mass is 19.4. The quantitative estimate of drug-likeness (QED) is 0.227. The molecule has 2 aromatic heterocycles. The van der Waals surface area contributed by atoms with Crippen molar-refractivity contribution in [2.24, 2.45) is 0 Å². The summed E-state index contributed by atoms with van der Waals surface area (Å²) in [6.07, 6.45) is 1.46. The Balaban J connectivity index is 1.36. The van der Waals surface area contributed by atoms with Gasteiger partial charge in [0.25, 0.3) is 0 Å². The Labute approximate surface area is 225 Å². The number of benzene rings is 1. The van der Waals surface area contributed by atoms with Crippen molar-refractivity contribution in [2.75, 3.05) is 13.1 Å². The first-order valence-electron chi connectivity index (χ1n) is 13.1. The average molecular weight is 543 g/mol. The van der Waals surface area contributed by atoms with Gasteiger partial charge in [0, 0.05) is 30.1 Å². The van der Waals surface area contributed by atoms with Gasteiger partial charge in [-0.05, 0) is 73.4 Å². The predicted octanol–water partition coefficient (Wildman–Crippen LogP) is 5.20. The molecular formula is C29H33F3N4O3. The number of halogens is 3. The van der Waals surface area contributed by atoms with Gasteiger partial charge in [0.1, 0.15) is 0 Å². The molecule has 0 aliphatic heterocycles. The van der Waals surface area contributed by atoms with Gasteiger partial charge in [0.2, 0.25) is 0 Å². The van der Waals surface area contributed by atoms with E-state index in [0.717, 1.165) is 30.5 Å². The van der Waals surface area contributed by atoms with E-state index >= 15 is 0 Å². The molecule has 2 heterocycles. The van der Waals surface area contributed by atoms with Crippen LogP contribution in [0.3, 0.4) is 0 Å². The Morgan fingerprint density at radius 2 is 1.74 bits per heavy atom. The van der Waals surface area contributed by atoms with Crippen LogP contribution in [0.15, 0.2) is 42.7 Å². The Morgan fingerprint density at radius 3 is 2.44 bits per heavy atom. The fraction of sp³-hybridized carbons (Fsp3) is 0.448. The summed E-state index contributed by atoms with van der Waals surface area (Å²) in [5.74, 6) is -3.88. The first-order valence-corrected chi connectivity index (χ1v) is 13.1. The van der Waals surface area contributed by atoms with Crippen LogP contribution in [0, 0.1) is 0 Å². The molecule has 10 heteroatoms. The van der Waals surface area contributed by atoms with Crippen LogP contribution in [0.2, 0.25) is 0 Å². The van der Waals surface area contributed by atoms with Crippen molar-refractivity contribution in [3.63, 3.8) is 0 Å².